The van der Waals surface area contributed by atoms with E-state index in [1.807, 2.05) is 16.8 Å². The van der Waals surface area contributed by atoms with Gasteiger partial charge >= 0.3 is 11.4 Å². The van der Waals surface area contributed by atoms with Crippen LogP contribution in [-0.2, 0) is 13.0 Å². The zero-order chi connectivity index (χ0) is 13.2. The maximum atomic E-state index is 11.8. The molecular weight excluding hydrogens is 264 g/mol. The molecule has 5 nitrogen and oxygen atoms in total. The fourth-order valence-corrected chi connectivity index (χ4v) is 2.62. The number of hydrogen-bond acceptors (Lipinski definition) is 5. The third-order valence-electron chi connectivity index (χ3n) is 2.87. The van der Waals surface area contributed by atoms with Crippen LogP contribution in [0.2, 0.25) is 0 Å². The molecule has 0 amide bonds. The Morgan fingerprint density at radius 1 is 1.32 bits per heavy atom. The summed E-state index contributed by atoms with van der Waals surface area (Å²) in [5.41, 5.74) is 0.881. The second-order valence-electron chi connectivity index (χ2n) is 4.06. The molecule has 0 atom stereocenters. The zero-order valence-electron chi connectivity index (χ0n) is 9.91. The summed E-state index contributed by atoms with van der Waals surface area (Å²) in [6.07, 6.45) is 2.26. The summed E-state index contributed by atoms with van der Waals surface area (Å²) in [4.78, 5) is 27.4. The first-order valence-corrected chi connectivity index (χ1v) is 6.70. The van der Waals surface area contributed by atoms with E-state index in [9.17, 15) is 9.59 Å². The van der Waals surface area contributed by atoms with Gasteiger partial charge in [-0.3, -0.25) is 4.57 Å². The molecule has 0 saturated carbocycles. The topological polar surface area (TPSA) is 65.1 Å². The van der Waals surface area contributed by atoms with Gasteiger partial charge < -0.3 is 4.42 Å². The Hall–Kier alpha value is -2.21. The molecule has 0 aliphatic rings. The summed E-state index contributed by atoms with van der Waals surface area (Å²) in [5.74, 6) is -0.661. The molecule has 3 aromatic rings. The monoisotopic (exact) mass is 274 g/mol. The standard InChI is InChI=1S/C13H10N2O3S/c16-12-10-2-1-5-14-11(10)15(13(17)18-12)6-3-9-4-7-19-8-9/h1-2,4-5,7-8H,3,6H2. The molecule has 3 rings (SSSR count). The van der Waals surface area contributed by atoms with Crippen molar-refractivity contribution in [3.05, 3.63) is 61.7 Å². The van der Waals surface area contributed by atoms with Crippen molar-refractivity contribution < 1.29 is 4.42 Å². The summed E-state index contributed by atoms with van der Waals surface area (Å²) in [5, 5.41) is 4.34. The Balaban J connectivity index is 2.07. The molecule has 19 heavy (non-hydrogen) atoms. The van der Waals surface area contributed by atoms with Gasteiger partial charge in [-0.15, -0.1) is 0 Å². The van der Waals surface area contributed by atoms with Gasteiger partial charge in [0.05, 0.1) is 0 Å². The summed E-state index contributed by atoms with van der Waals surface area (Å²) in [6, 6.07) is 5.26. The van der Waals surface area contributed by atoms with Gasteiger partial charge in [-0.25, -0.2) is 14.6 Å². The van der Waals surface area contributed by atoms with Crippen molar-refractivity contribution in [1.82, 2.24) is 9.55 Å². The predicted octanol–water partition coefficient (Wildman–Crippen LogP) is 1.65. The van der Waals surface area contributed by atoms with Crippen LogP contribution >= 0.6 is 11.3 Å². The summed E-state index contributed by atoms with van der Waals surface area (Å²) >= 11 is 1.61. The molecule has 0 radical (unpaired) electrons. The van der Waals surface area contributed by atoms with E-state index in [4.69, 9.17) is 4.42 Å². The Morgan fingerprint density at radius 3 is 3.00 bits per heavy atom. The molecule has 3 heterocycles. The highest BCUT2D eigenvalue weighted by Gasteiger charge is 2.09. The largest absolute Gasteiger partial charge is 0.423 e. The fraction of sp³-hybridized carbons (Fsp3) is 0.154. The van der Waals surface area contributed by atoms with Crippen LogP contribution in [0.5, 0.6) is 0 Å². The molecule has 0 fully saturated rings. The molecular formula is C13H10N2O3S. The van der Waals surface area contributed by atoms with Crippen molar-refractivity contribution in [1.29, 1.82) is 0 Å². The number of fused-ring (bicyclic) bond motifs is 1. The Morgan fingerprint density at radius 2 is 2.21 bits per heavy atom. The average molecular weight is 274 g/mol. The number of thiophene rings is 1. The number of pyridine rings is 1. The number of aromatic nitrogens is 2. The fourth-order valence-electron chi connectivity index (χ4n) is 1.92. The van der Waals surface area contributed by atoms with Gasteiger partial charge in [0.1, 0.15) is 5.39 Å². The maximum absolute atomic E-state index is 11.8. The molecule has 0 aromatic carbocycles. The quantitative estimate of drug-likeness (QED) is 0.728. The lowest BCUT2D eigenvalue weighted by atomic mass is 10.2. The van der Waals surface area contributed by atoms with Gasteiger partial charge in [0.15, 0.2) is 5.65 Å². The summed E-state index contributed by atoms with van der Waals surface area (Å²) < 4.78 is 6.10. The SMILES string of the molecule is O=c1oc(=O)n(CCc2ccsc2)c2ncccc12. The van der Waals surface area contributed by atoms with E-state index in [2.05, 4.69) is 4.98 Å². The highest BCUT2D eigenvalue weighted by molar-refractivity contribution is 7.07. The van der Waals surface area contributed by atoms with Crippen LogP contribution in [0.1, 0.15) is 5.56 Å². The minimum atomic E-state index is -0.661. The molecule has 0 spiro atoms. The minimum Gasteiger partial charge on any atom is -0.372 e. The van der Waals surface area contributed by atoms with Gasteiger partial charge in [0, 0.05) is 12.7 Å². The van der Waals surface area contributed by atoms with Crippen molar-refractivity contribution in [2.24, 2.45) is 0 Å². The Kier molecular flexibility index (Phi) is 3.00. The van der Waals surface area contributed by atoms with Gasteiger partial charge in [-0.05, 0) is 40.9 Å². The van der Waals surface area contributed by atoms with E-state index < -0.39 is 11.4 Å². The van der Waals surface area contributed by atoms with Crippen molar-refractivity contribution in [2.45, 2.75) is 13.0 Å². The van der Waals surface area contributed by atoms with Crippen molar-refractivity contribution in [3.63, 3.8) is 0 Å². The Labute approximate surface area is 111 Å². The molecule has 0 N–H and O–H groups in total. The van der Waals surface area contributed by atoms with Crippen LogP contribution in [0.4, 0.5) is 0 Å². The normalized spacial score (nSPS) is 10.9. The van der Waals surface area contributed by atoms with Gasteiger partial charge in [-0.1, -0.05) is 0 Å². The lowest BCUT2D eigenvalue weighted by Crippen LogP contribution is -2.26. The molecule has 6 heteroatoms. The highest BCUT2D eigenvalue weighted by Crippen LogP contribution is 2.09. The molecule has 0 aliphatic heterocycles. The third-order valence-corrected chi connectivity index (χ3v) is 3.60. The molecule has 0 unspecified atom stereocenters. The number of rotatable bonds is 3. The van der Waals surface area contributed by atoms with Crippen molar-refractivity contribution >= 4 is 22.4 Å². The van der Waals surface area contributed by atoms with Gasteiger partial charge in [-0.2, -0.15) is 11.3 Å². The van der Waals surface area contributed by atoms with Crippen LogP contribution in [0, 0.1) is 0 Å². The molecule has 0 bridgehead atoms. The third kappa shape index (κ3) is 2.22. The van der Waals surface area contributed by atoms with Gasteiger partial charge in [0.25, 0.3) is 0 Å². The second-order valence-corrected chi connectivity index (χ2v) is 4.84. The van der Waals surface area contributed by atoms with E-state index in [0.29, 0.717) is 24.0 Å². The molecule has 3 aromatic heterocycles. The zero-order valence-corrected chi connectivity index (χ0v) is 10.7. The summed E-state index contributed by atoms with van der Waals surface area (Å²) in [7, 11) is 0. The minimum absolute atomic E-state index is 0.326. The van der Waals surface area contributed by atoms with Crippen LogP contribution in [-0.4, -0.2) is 9.55 Å². The lowest BCUT2D eigenvalue weighted by molar-refractivity contribution is 0.415. The molecule has 96 valence electrons. The Bertz CT molecular complexity index is 818. The van der Waals surface area contributed by atoms with Crippen LogP contribution < -0.4 is 11.4 Å². The predicted molar refractivity (Wildman–Crippen MR) is 72.6 cm³/mol. The maximum Gasteiger partial charge on any atom is 0.423 e. The van der Waals surface area contributed by atoms with E-state index >= 15 is 0 Å². The lowest BCUT2D eigenvalue weighted by Gasteiger charge is -2.06. The van der Waals surface area contributed by atoms with E-state index in [1.165, 1.54) is 4.57 Å². The van der Waals surface area contributed by atoms with Crippen LogP contribution in [0.15, 0.2) is 49.2 Å². The van der Waals surface area contributed by atoms with E-state index in [0.717, 1.165) is 5.56 Å². The van der Waals surface area contributed by atoms with Crippen molar-refractivity contribution in [3.8, 4) is 0 Å². The van der Waals surface area contributed by atoms with Crippen LogP contribution in [0.3, 0.4) is 0 Å². The number of aryl methyl sites for hydroxylation is 2. The first kappa shape index (κ1) is 11.9. The first-order valence-electron chi connectivity index (χ1n) is 5.75. The molecule has 0 saturated heterocycles. The van der Waals surface area contributed by atoms with Crippen LogP contribution in [0.25, 0.3) is 11.0 Å². The van der Waals surface area contributed by atoms with E-state index in [1.54, 1.807) is 29.7 Å². The van der Waals surface area contributed by atoms with Crippen molar-refractivity contribution in [2.75, 3.05) is 0 Å². The average Bonchev–Trinajstić information content (AvgIpc) is 2.92. The van der Waals surface area contributed by atoms with Gasteiger partial charge in [0.2, 0.25) is 0 Å². The molecule has 0 aliphatic carbocycles. The van der Waals surface area contributed by atoms with E-state index in [-0.39, 0.29) is 0 Å². The first-order chi connectivity index (χ1) is 9.25. The smallest absolute Gasteiger partial charge is 0.372 e. The number of nitrogens with zero attached hydrogens (tertiary/aromatic N) is 2. The summed E-state index contributed by atoms with van der Waals surface area (Å²) in [6.45, 7) is 0.437. The second kappa shape index (κ2) is 4.81. The number of hydrogen-bond donors (Lipinski definition) is 0. The highest BCUT2D eigenvalue weighted by atomic mass is 32.1.